The number of nitrogens with one attached hydrogen (secondary N) is 1. The van der Waals surface area contributed by atoms with Crippen molar-refractivity contribution in [2.75, 3.05) is 13.2 Å². The Kier molecular flexibility index (Phi) is 9.95. The van der Waals surface area contributed by atoms with Gasteiger partial charge in [0.1, 0.15) is 12.4 Å². The Balaban J connectivity index is 0.00000320. The molecule has 0 aliphatic heterocycles. The summed E-state index contributed by atoms with van der Waals surface area (Å²) in [6.45, 7) is 4.12. The lowest BCUT2D eigenvalue weighted by atomic mass is 10.1. The Morgan fingerprint density at radius 3 is 2.40 bits per heavy atom. The van der Waals surface area contributed by atoms with Gasteiger partial charge in [0.15, 0.2) is 11.5 Å². The maximum atomic E-state index is 13.7. The molecular formula is C24H26Cl2FNO2. The van der Waals surface area contributed by atoms with Crippen LogP contribution in [0.1, 0.15) is 23.6 Å². The van der Waals surface area contributed by atoms with E-state index in [0.29, 0.717) is 54.8 Å². The Morgan fingerprint density at radius 2 is 1.67 bits per heavy atom. The van der Waals surface area contributed by atoms with Crippen molar-refractivity contribution in [3.05, 3.63) is 94.3 Å². The highest BCUT2D eigenvalue weighted by Crippen LogP contribution is 2.37. The van der Waals surface area contributed by atoms with Crippen molar-refractivity contribution in [1.29, 1.82) is 0 Å². The summed E-state index contributed by atoms with van der Waals surface area (Å²) in [7, 11) is 0. The van der Waals surface area contributed by atoms with E-state index in [9.17, 15) is 4.39 Å². The minimum atomic E-state index is -0.170. The summed E-state index contributed by atoms with van der Waals surface area (Å²) < 4.78 is 25.4. The van der Waals surface area contributed by atoms with E-state index < -0.39 is 0 Å². The predicted molar refractivity (Wildman–Crippen MR) is 122 cm³/mol. The maximum Gasteiger partial charge on any atom is 0.180 e. The maximum absolute atomic E-state index is 13.7. The van der Waals surface area contributed by atoms with Gasteiger partial charge in [-0.05, 0) is 54.8 Å². The molecule has 0 unspecified atom stereocenters. The van der Waals surface area contributed by atoms with Crippen LogP contribution in [-0.4, -0.2) is 13.2 Å². The van der Waals surface area contributed by atoms with Crippen molar-refractivity contribution >= 4 is 24.0 Å². The summed E-state index contributed by atoms with van der Waals surface area (Å²) in [5, 5.41) is 3.84. The fourth-order valence-corrected chi connectivity index (χ4v) is 3.30. The third-order valence-electron chi connectivity index (χ3n) is 4.45. The van der Waals surface area contributed by atoms with Crippen molar-refractivity contribution in [3.8, 4) is 11.5 Å². The second-order valence-corrected chi connectivity index (χ2v) is 7.04. The van der Waals surface area contributed by atoms with E-state index >= 15 is 0 Å². The van der Waals surface area contributed by atoms with E-state index in [0.717, 1.165) is 11.1 Å². The van der Waals surface area contributed by atoms with Gasteiger partial charge >= 0.3 is 0 Å². The Hall–Kier alpha value is -2.27. The highest BCUT2D eigenvalue weighted by atomic mass is 35.5. The Bertz CT molecular complexity index is 922. The first-order chi connectivity index (χ1) is 14.2. The van der Waals surface area contributed by atoms with Crippen LogP contribution in [0, 0.1) is 5.82 Å². The van der Waals surface area contributed by atoms with Crippen LogP contribution in [0.5, 0.6) is 11.5 Å². The van der Waals surface area contributed by atoms with Crippen molar-refractivity contribution in [2.45, 2.75) is 26.5 Å². The summed E-state index contributed by atoms with van der Waals surface area (Å²) in [6, 6.07) is 20.6. The molecule has 3 aromatic rings. The van der Waals surface area contributed by atoms with Crippen molar-refractivity contribution in [2.24, 2.45) is 0 Å². The zero-order valence-electron chi connectivity index (χ0n) is 16.9. The quantitative estimate of drug-likeness (QED) is 0.373. The molecule has 30 heavy (non-hydrogen) atoms. The molecule has 0 radical (unpaired) electrons. The van der Waals surface area contributed by atoms with Crippen LogP contribution in [0.15, 0.2) is 66.7 Å². The van der Waals surface area contributed by atoms with Crippen LogP contribution in [-0.2, 0) is 19.6 Å². The van der Waals surface area contributed by atoms with Gasteiger partial charge in [-0.3, -0.25) is 0 Å². The summed E-state index contributed by atoms with van der Waals surface area (Å²) in [5.41, 5.74) is 2.75. The molecule has 1 N–H and O–H groups in total. The van der Waals surface area contributed by atoms with Crippen LogP contribution in [0.2, 0.25) is 5.02 Å². The van der Waals surface area contributed by atoms with Crippen molar-refractivity contribution < 1.29 is 13.9 Å². The number of halogens is 3. The fraction of sp³-hybridized carbons (Fsp3) is 0.250. The molecule has 0 spiro atoms. The number of hydrogen-bond donors (Lipinski definition) is 1. The van der Waals surface area contributed by atoms with Gasteiger partial charge in [0.25, 0.3) is 0 Å². The van der Waals surface area contributed by atoms with Gasteiger partial charge in [-0.25, -0.2) is 4.39 Å². The molecule has 0 atom stereocenters. The van der Waals surface area contributed by atoms with Gasteiger partial charge in [-0.2, -0.15) is 0 Å². The van der Waals surface area contributed by atoms with E-state index in [1.165, 1.54) is 6.07 Å². The average molecular weight is 450 g/mol. The number of benzene rings is 3. The van der Waals surface area contributed by atoms with Crippen LogP contribution >= 0.6 is 24.0 Å². The highest BCUT2D eigenvalue weighted by Gasteiger charge is 2.13. The molecule has 0 aromatic heterocycles. The molecule has 0 amide bonds. The van der Waals surface area contributed by atoms with Crippen LogP contribution in [0.4, 0.5) is 4.39 Å². The smallest absolute Gasteiger partial charge is 0.180 e. The lowest BCUT2D eigenvalue weighted by Gasteiger charge is -2.16. The minimum absolute atomic E-state index is 0. The third kappa shape index (κ3) is 6.91. The molecule has 0 aliphatic carbocycles. The van der Waals surface area contributed by atoms with Gasteiger partial charge in [-0.15, -0.1) is 12.4 Å². The fourth-order valence-electron chi connectivity index (χ4n) is 3.01. The van der Waals surface area contributed by atoms with Crippen molar-refractivity contribution in [3.63, 3.8) is 0 Å². The molecule has 0 saturated heterocycles. The summed E-state index contributed by atoms with van der Waals surface area (Å²) in [5.74, 6) is 1.00. The lowest BCUT2D eigenvalue weighted by molar-refractivity contribution is 0.269. The van der Waals surface area contributed by atoms with Crippen molar-refractivity contribution in [1.82, 2.24) is 5.32 Å². The van der Waals surface area contributed by atoms with Crippen LogP contribution in [0.25, 0.3) is 0 Å². The monoisotopic (exact) mass is 449 g/mol. The highest BCUT2D eigenvalue weighted by molar-refractivity contribution is 6.32. The molecule has 3 aromatic carbocycles. The normalized spacial score (nSPS) is 10.4. The van der Waals surface area contributed by atoms with E-state index in [2.05, 4.69) is 5.32 Å². The topological polar surface area (TPSA) is 30.5 Å². The van der Waals surface area contributed by atoms with E-state index in [-0.39, 0.29) is 18.2 Å². The zero-order valence-corrected chi connectivity index (χ0v) is 18.4. The predicted octanol–water partition coefficient (Wildman–Crippen LogP) is 6.21. The molecule has 0 heterocycles. The summed E-state index contributed by atoms with van der Waals surface area (Å²) >= 11 is 6.48. The molecule has 0 bridgehead atoms. The number of rotatable bonds is 10. The molecule has 160 valence electrons. The SMILES string of the molecule is CCOc1cc(CNCCc2ccccc2F)cc(Cl)c1OCc1ccccc1.Cl. The molecule has 6 heteroatoms. The van der Waals surface area contributed by atoms with Gasteiger partial charge in [0.05, 0.1) is 11.6 Å². The van der Waals surface area contributed by atoms with E-state index in [1.807, 2.05) is 55.5 Å². The van der Waals surface area contributed by atoms with Gasteiger partial charge in [0.2, 0.25) is 0 Å². The molecule has 0 aliphatic rings. The molecular weight excluding hydrogens is 424 g/mol. The average Bonchev–Trinajstić information content (AvgIpc) is 2.73. The molecule has 0 saturated carbocycles. The van der Waals surface area contributed by atoms with E-state index in [4.69, 9.17) is 21.1 Å². The summed E-state index contributed by atoms with van der Waals surface area (Å²) in [4.78, 5) is 0. The number of hydrogen-bond acceptors (Lipinski definition) is 3. The first kappa shape index (κ1) is 24.0. The number of ether oxygens (including phenoxy) is 2. The van der Waals surface area contributed by atoms with Gasteiger partial charge in [-0.1, -0.05) is 60.1 Å². The second kappa shape index (κ2) is 12.4. The van der Waals surface area contributed by atoms with Crippen LogP contribution < -0.4 is 14.8 Å². The molecule has 3 rings (SSSR count). The van der Waals surface area contributed by atoms with Gasteiger partial charge in [0, 0.05) is 6.54 Å². The first-order valence-electron chi connectivity index (χ1n) is 9.73. The van der Waals surface area contributed by atoms with Gasteiger partial charge < -0.3 is 14.8 Å². The second-order valence-electron chi connectivity index (χ2n) is 6.63. The first-order valence-corrected chi connectivity index (χ1v) is 10.1. The minimum Gasteiger partial charge on any atom is -0.490 e. The molecule has 3 nitrogen and oxygen atoms in total. The Morgan fingerprint density at radius 1 is 0.933 bits per heavy atom. The third-order valence-corrected chi connectivity index (χ3v) is 4.73. The zero-order chi connectivity index (χ0) is 20.5. The lowest BCUT2D eigenvalue weighted by Crippen LogP contribution is -2.17. The largest absolute Gasteiger partial charge is 0.490 e. The molecule has 0 fully saturated rings. The van der Waals surface area contributed by atoms with E-state index in [1.54, 1.807) is 12.1 Å². The standard InChI is InChI=1S/C24H25ClFNO2.ClH/c1-2-28-23-15-19(16-27-13-12-20-10-6-7-11-22(20)26)14-21(25)24(23)29-17-18-8-4-3-5-9-18;/h3-11,14-15,27H,2,12-13,16-17H2,1H3;1H. The Labute approximate surface area is 188 Å². The summed E-state index contributed by atoms with van der Waals surface area (Å²) in [6.07, 6.45) is 0.622. The van der Waals surface area contributed by atoms with Crippen LogP contribution in [0.3, 0.4) is 0 Å².